The van der Waals surface area contributed by atoms with Crippen molar-refractivity contribution in [3.63, 3.8) is 0 Å². The lowest BCUT2D eigenvalue weighted by Crippen LogP contribution is -2.52. The van der Waals surface area contributed by atoms with E-state index >= 15 is 0 Å². The standard InChI is InChI=1S/C17H31NO2/c1-14(2)15-7-6-9-17(10-8-15,13-16(19)20)18-11-4-3-5-12-18/h14-15H,3-13H2,1-2H3,(H,19,20). The van der Waals surface area contributed by atoms with Gasteiger partial charge in [-0.2, -0.15) is 0 Å². The molecule has 0 bridgehead atoms. The van der Waals surface area contributed by atoms with Crippen LogP contribution in [0.5, 0.6) is 0 Å². The Morgan fingerprint density at radius 1 is 1.15 bits per heavy atom. The molecule has 0 spiro atoms. The molecular weight excluding hydrogens is 250 g/mol. The van der Waals surface area contributed by atoms with Gasteiger partial charge in [0, 0.05) is 5.54 Å². The lowest BCUT2D eigenvalue weighted by molar-refractivity contribution is -0.141. The molecule has 2 atom stereocenters. The summed E-state index contributed by atoms with van der Waals surface area (Å²) in [6.45, 7) is 6.85. The average molecular weight is 281 g/mol. The monoisotopic (exact) mass is 281 g/mol. The number of aliphatic carboxylic acids is 1. The van der Waals surface area contributed by atoms with E-state index in [1.54, 1.807) is 0 Å². The zero-order chi connectivity index (χ0) is 14.6. The zero-order valence-electron chi connectivity index (χ0n) is 13.2. The Balaban J connectivity index is 2.11. The third-order valence-corrected chi connectivity index (χ3v) is 5.65. The molecule has 1 aliphatic carbocycles. The fraction of sp³-hybridized carbons (Fsp3) is 0.941. The van der Waals surface area contributed by atoms with Crippen LogP contribution in [0.3, 0.4) is 0 Å². The molecule has 0 radical (unpaired) electrons. The molecule has 1 saturated carbocycles. The predicted octanol–water partition coefficient (Wildman–Crippen LogP) is 3.92. The highest BCUT2D eigenvalue weighted by Crippen LogP contribution is 2.40. The molecule has 3 nitrogen and oxygen atoms in total. The van der Waals surface area contributed by atoms with E-state index < -0.39 is 5.97 Å². The largest absolute Gasteiger partial charge is 0.481 e. The van der Waals surface area contributed by atoms with Gasteiger partial charge in [0.05, 0.1) is 6.42 Å². The number of piperidine rings is 1. The summed E-state index contributed by atoms with van der Waals surface area (Å²) in [5, 5.41) is 9.40. The Morgan fingerprint density at radius 2 is 1.85 bits per heavy atom. The molecule has 2 rings (SSSR count). The maximum atomic E-state index is 11.4. The van der Waals surface area contributed by atoms with Crippen molar-refractivity contribution < 1.29 is 9.90 Å². The van der Waals surface area contributed by atoms with E-state index in [9.17, 15) is 9.90 Å². The van der Waals surface area contributed by atoms with Crippen LogP contribution in [-0.2, 0) is 4.79 Å². The fourth-order valence-electron chi connectivity index (χ4n) is 4.34. The Bertz CT molecular complexity index is 323. The molecule has 0 aromatic carbocycles. The lowest BCUT2D eigenvalue weighted by Gasteiger charge is -2.45. The van der Waals surface area contributed by atoms with Crippen LogP contribution in [-0.4, -0.2) is 34.6 Å². The first kappa shape index (κ1) is 15.8. The number of carbonyl (C=O) groups is 1. The fourth-order valence-corrected chi connectivity index (χ4v) is 4.34. The van der Waals surface area contributed by atoms with E-state index in [2.05, 4.69) is 18.7 Å². The van der Waals surface area contributed by atoms with E-state index in [4.69, 9.17) is 0 Å². The summed E-state index contributed by atoms with van der Waals surface area (Å²) in [4.78, 5) is 14.0. The number of likely N-dealkylation sites (tertiary alicyclic amines) is 1. The van der Waals surface area contributed by atoms with Crippen LogP contribution >= 0.6 is 0 Å². The summed E-state index contributed by atoms with van der Waals surface area (Å²) in [5.74, 6) is 0.908. The van der Waals surface area contributed by atoms with E-state index in [0.29, 0.717) is 6.42 Å². The van der Waals surface area contributed by atoms with Gasteiger partial charge in [0.25, 0.3) is 0 Å². The summed E-state index contributed by atoms with van der Waals surface area (Å²) in [7, 11) is 0. The van der Waals surface area contributed by atoms with Crippen molar-refractivity contribution in [1.82, 2.24) is 4.90 Å². The maximum absolute atomic E-state index is 11.4. The topological polar surface area (TPSA) is 40.5 Å². The minimum atomic E-state index is -0.612. The SMILES string of the molecule is CC(C)C1CCCC(CC(=O)O)(N2CCCCC2)CC1. The van der Waals surface area contributed by atoms with E-state index in [1.807, 2.05) is 0 Å². The van der Waals surface area contributed by atoms with Crippen molar-refractivity contribution in [3.05, 3.63) is 0 Å². The second kappa shape index (κ2) is 6.93. The molecule has 116 valence electrons. The molecule has 2 aliphatic rings. The normalized spacial score (nSPS) is 33.0. The smallest absolute Gasteiger partial charge is 0.305 e. The Kier molecular flexibility index (Phi) is 5.48. The minimum Gasteiger partial charge on any atom is -0.481 e. The summed E-state index contributed by atoms with van der Waals surface area (Å²) >= 11 is 0. The van der Waals surface area contributed by atoms with Gasteiger partial charge >= 0.3 is 5.97 Å². The molecule has 1 heterocycles. The van der Waals surface area contributed by atoms with Crippen LogP contribution in [0.15, 0.2) is 0 Å². The van der Waals surface area contributed by atoms with Crippen molar-refractivity contribution in [3.8, 4) is 0 Å². The Labute approximate surface area is 123 Å². The van der Waals surface area contributed by atoms with Crippen LogP contribution < -0.4 is 0 Å². The van der Waals surface area contributed by atoms with Crippen molar-refractivity contribution >= 4 is 5.97 Å². The molecular formula is C17H31NO2. The second-order valence-electron chi connectivity index (χ2n) is 7.28. The van der Waals surface area contributed by atoms with E-state index in [0.717, 1.165) is 37.8 Å². The highest BCUT2D eigenvalue weighted by atomic mass is 16.4. The van der Waals surface area contributed by atoms with Gasteiger partial charge in [0.15, 0.2) is 0 Å². The van der Waals surface area contributed by atoms with Crippen LogP contribution in [0, 0.1) is 11.8 Å². The van der Waals surface area contributed by atoms with Crippen LogP contribution in [0.1, 0.15) is 71.6 Å². The first-order chi connectivity index (χ1) is 9.53. The van der Waals surface area contributed by atoms with Crippen molar-refractivity contribution in [2.24, 2.45) is 11.8 Å². The average Bonchev–Trinajstić information content (AvgIpc) is 2.63. The number of nitrogens with zero attached hydrogens (tertiary/aromatic N) is 1. The highest BCUT2D eigenvalue weighted by molar-refractivity contribution is 5.68. The first-order valence-corrected chi connectivity index (χ1v) is 8.50. The van der Waals surface area contributed by atoms with Crippen LogP contribution in [0.2, 0.25) is 0 Å². The van der Waals surface area contributed by atoms with Gasteiger partial charge in [-0.1, -0.05) is 33.1 Å². The highest BCUT2D eigenvalue weighted by Gasteiger charge is 2.40. The molecule has 0 amide bonds. The van der Waals surface area contributed by atoms with Gasteiger partial charge in [-0.3, -0.25) is 9.69 Å². The molecule has 2 fully saturated rings. The van der Waals surface area contributed by atoms with Gasteiger partial charge in [-0.15, -0.1) is 0 Å². The van der Waals surface area contributed by atoms with Gasteiger partial charge in [0.2, 0.25) is 0 Å². The summed E-state index contributed by atoms with van der Waals surface area (Å²) in [5.41, 5.74) is -0.0457. The van der Waals surface area contributed by atoms with Gasteiger partial charge in [-0.05, 0) is 57.0 Å². The maximum Gasteiger partial charge on any atom is 0.305 e. The number of hydrogen-bond acceptors (Lipinski definition) is 2. The Morgan fingerprint density at radius 3 is 2.45 bits per heavy atom. The second-order valence-corrected chi connectivity index (χ2v) is 7.28. The number of carboxylic acid groups (broad SMARTS) is 1. The molecule has 0 aromatic heterocycles. The quantitative estimate of drug-likeness (QED) is 0.794. The van der Waals surface area contributed by atoms with Gasteiger partial charge in [-0.25, -0.2) is 0 Å². The van der Waals surface area contributed by atoms with Gasteiger partial charge in [0.1, 0.15) is 0 Å². The number of hydrogen-bond donors (Lipinski definition) is 1. The summed E-state index contributed by atoms with van der Waals surface area (Å²) in [6.07, 6.45) is 10.0. The van der Waals surface area contributed by atoms with E-state index in [1.165, 1.54) is 38.5 Å². The first-order valence-electron chi connectivity index (χ1n) is 8.50. The molecule has 3 heteroatoms. The van der Waals surface area contributed by atoms with E-state index in [-0.39, 0.29) is 5.54 Å². The molecule has 20 heavy (non-hydrogen) atoms. The van der Waals surface area contributed by atoms with Crippen molar-refractivity contribution in [2.75, 3.05) is 13.1 Å². The van der Waals surface area contributed by atoms with Gasteiger partial charge < -0.3 is 5.11 Å². The molecule has 0 aromatic rings. The van der Waals surface area contributed by atoms with Crippen LogP contribution in [0.25, 0.3) is 0 Å². The molecule has 1 aliphatic heterocycles. The summed E-state index contributed by atoms with van der Waals surface area (Å²) in [6, 6.07) is 0. The minimum absolute atomic E-state index is 0.0457. The van der Waals surface area contributed by atoms with Crippen molar-refractivity contribution in [1.29, 1.82) is 0 Å². The summed E-state index contributed by atoms with van der Waals surface area (Å²) < 4.78 is 0. The van der Waals surface area contributed by atoms with Crippen molar-refractivity contribution in [2.45, 2.75) is 77.2 Å². The van der Waals surface area contributed by atoms with Crippen LogP contribution in [0.4, 0.5) is 0 Å². The third-order valence-electron chi connectivity index (χ3n) is 5.65. The number of rotatable bonds is 4. The molecule has 1 N–H and O–H groups in total. The molecule has 1 saturated heterocycles. The predicted molar refractivity (Wildman–Crippen MR) is 81.8 cm³/mol. The molecule has 2 unspecified atom stereocenters. The Hall–Kier alpha value is -0.570. The third kappa shape index (κ3) is 3.75. The zero-order valence-corrected chi connectivity index (χ0v) is 13.2. The number of carboxylic acids is 1. The lowest BCUT2D eigenvalue weighted by atomic mass is 9.82.